The molecule has 6 nitrogen and oxygen atoms in total. The van der Waals surface area contributed by atoms with E-state index in [1.807, 2.05) is 0 Å². The zero-order valence-electron chi connectivity index (χ0n) is 17.9. The Labute approximate surface area is 183 Å². The van der Waals surface area contributed by atoms with Crippen molar-refractivity contribution >= 4 is 35.8 Å². The lowest BCUT2D eigenvalue weighted by atomic mass is 9.93. The summed E-state index contributed by atoms with van der Waals surface area (Å²) in [6, 6.07) is 0. The first-order chi connectivity index (χ1) is 12.6. The number of nitrogens with zero attached hydrogens (tertiary/aromatic N) is 3. The van der Waals surface area contributed by atoms with Crippen molar-refractivity contribution in [3.8, 4) is 0 Å². The highest BCUT2D eigenvalue weighted by Crippen LogP contribution is 2.20. The molecule has 1 amide bonds. The number of aliphatic imine (C=N–C) groups is 1. The summed E-state index contributed by atoms with van der Waals surface area (Å²) in [7, 11) is 1.72. The van der Waals surface area contributed by atoms with E-state index in [0.29, 0.717) is 12.3 Å². The molecule has 0 bridgehead atoms. The lowest BCUT2D eigenvalue weighted by Crippen LogP contribution is -2.46. The highest BCUT2D eigenvalue weighted by Gasteiger charge is 2.22. The summed E-state index contributed by atoms with van der Waals surface area (Å²) in [4.78, 5) is 21.3. The molecule has 0 radical (unpaired) electrons. The Morgan fingerprint density at radius 2 is 1.74 bits per heavy atom. The van der Waals surface area contributed by atoms with E-state index >= 15 is 0 Å². The van der Waals surface area contributed by atoms with E-state index in [1.54, 1.807) is 7.05 Å². The van der Waals surface area contributed by atoms with E-state index < -0.39 is 0 Å². The first-order valence-corrected chi connectivity index (χ1v) is 10.6. The summed E-state index contributed by atoms with van der Waals surface area (Å²) in [5, 5.41) is 6.18. The normalized spacial score (nSPS) is 15.6. The summed E-state index contributed by atoms with van der Waals surface area (Å²) in [6.45, 7) is 13.9. The number of carbonyl (C=O) groups excluding carboxylic acids is 1. The molecule has 1 aliphatic heterocycles. The third kappa shape index (κ3) is 11.1. The number of carbonyl (C=O) groups is 1. The molecule has 0 atom stereocenters. The zero-order chi connectivity index (χ0) is 19.2. The third-order valence-corrected chi connectivity index (χ3v) is 4.98. The van der Waals surface area contributed by atoms with Gasteiger partial charge in [0.25, 0.3) is 0 Å². The molecular weight excluding hydrogens is 453 g/mol. The van der Waals surface area contributed by atoms with Crippen molar-refractivity contribution in [3.63, 3.8) is 0 Å². The van der Waals surface area contributed by atoms with Crippen molar-refractivity contribution in [2.75, 3.05) is 52.9 Å². The van der Waals surface area contributed by atoms with E-state index in [-0.39, 0.29) is 29.9 Å². The minimum absolute atomic E-state index is 0. The average Bonchev–Trinajstić information content (AvgIpc) is 2.65. The van der Waals surface area contributed by atoms with Gasteiger partial charge in [-0.3, -0.25) is 9.79 Å². The molecule has 1 fully saturated rings. The first-order valence-electron chi connectivity index (χ1n) is 10.6. The van der Waals surface area contributed by atoms with Crippen LogP contribution in [-0.2, 0) is 4.79 Å². The molecule has 1 saturated heterocycles. The van der Waals surface area contributed by atoms with Crippen LogP contribution in [0, 0.1) is 5.92 Å². The smallest absolute Gasteiger partial charge is 0.220 e. The number of rotatable bonds is 11. The molecule has 0 saturated carbocycles. The average molecular weight is 495 g/mol. The molecular formula is C20H42IN5O. The van der Waals surface area contributed by atoms with E-state index in [9.17, 15) is 4.79 Å². The van der Waals surface area contributed by atoms with Crippen LogP contribution in [0.4, 0.5) is 0 Å². The minimum Gasteiger partial charge on any atom is -0.359 e. The van der Waals surface area contributed by atoms with Gasteiger partial charge in [0.05, 0.1) is 0 Å². The van der Waals surface area contributed by atoms with Crippen LogP contribution in [-0.4, -0.2) is 74.5 Å². The topological polar surface area (TPSA) is 60.0 Å². The van der Waals surface area contributed by atoms with Crippen LogP contribution in [0.25, 0.3) is 0 Å². The number of halogens is 1. The fraction of sp³-hybridized carbons (Fsp3) is 0.900. The van der Waals surface area contributed by atoms with Gasteiger partial charge in [0.2, 0.25) is 5.91 Å². The van der Waals surface area contributed by atoms with Crippen molar-refractivity contribution in [1.82, 2.24) is 20.4 Å². The van der Waals surface area contributed by atoms with Gasteiger partial charge < -0.3 is 20.4 Å². The van der Waals surface area contributed by atoms with E-state index in [2.05, 4.69) is 41.2 Å². The van der Waals surface area contributed by atoms with Gasteiger partial charge >= 0.3 is 0 Å². The van der Waals surface area contributed by atoms with E-state index in [1.165, 1.54) is 25.9 Å². The fourth-order valence-electron chi connectivity index (χ4n) is 3.59. The van der Waals surface area contributed by atoms with Gasteiger partial charge in [-0.1, -0.05) is 13.8 Å². The Morgan fingerprint density at radius 3 is 2.26 bits per heavy atom. The van der Waals surface area contributed by atoms with Gasteiger partial charge in [0, 0.05) is 39.6 Å². The second kappa shape index (κ2) is 16.4. The molecule has 0 spiro atoms. The summed E-state index contributed by atoms with van der Waals surface area (Å²) in [6.07, 6.45) is 6.34. The van der Waals surface area contributed by atoms with Crippen molar-refractivity contribution < 1.29 is 4.79 Å². The number of likely N-dealkylation sites (tertiary alicyclic amines) is 1. The molecule has 0 aromatic carbocycles. The molecule has 7 heteroatoms. The van der Waals surface area contributed by atoms with E-state index in [0.717, 1.165) is 57.9 Å². The molecule has 0 aromatic rings. The second-order valence-electron chi connectivity index (χ2n) is 7.24. The van der Waals surface area contributed by atoms with Gasteiger partial charge in [-0.25, -0.2) is 0 Å². The lowest BCUT2D eigenvalue weighted by molar-refractivity contribution is -0.121. The van der Waals surface area contributed by atoms with Crippen molar-refractivity contribution in [1.29, 1.82) is 0 Å². The maximum absolute atomic E-state index is 11.6. The second-order valence-corrected chi connectivity index (χ2v) is 7.24. The first kappa shape index (κ1) is 26.4. The SMILES string of the molecule is CCCN(CCC)CCCN=C(NCC)N1CCC(CC(=O)NC)CC1.I. The number of guanidine groups is 1. The van der Waals surface area contributed by atoms with Crippen LogP contribution in [0.2, 0.25) is 0 Å². The molecule has 0 aliphatic carbocycles. The molecule has 2 N–H and O–H groups in total. The molecule has 0 aromatic heterocycles. The Kier molecular flexibility index (Phi) is 16.0. The van der Waals surface area contributed by atoms with Gasteiger partial charge in [-0.15, -0.1) is 24.0 Å². The Bertz CT molecular complexity index is 405. The summed E-state index contributed by atoms with van der Waals surface area (Å²) in [5.41, 5.74) is 0. The predicted octanol–water partition coefficient (Wildman–Crippen LogP) is 2.93. The van der Waals surface area contributed by atoms with Crippen LogP contribution in [0.15, 0.2) is 4.99 Å². The van der Waals surface area contributed by atoms with Crippen molar-refractivity contribution in [2.24, 2.45) is 10.9 Å². The van der Waals surface area contributed by atoms with Gasteiger partial charge in [-0.05, 0) is 64.6 Å². The number of piperidine rings is 1. The maximum Gasteiger partial charge on any atom is 0.220 e. The van der Waals surface area contributed by atoms with Gasteiger partial charge in [0.1, 0.15) is 0 Å². The van der Waals surface area contributed by atoms with Gasteiger partial charge in [-0.2, -0.15) is 0 Å². The lowest BCUT2D eigenvalue weighted by Gasteiger charge is -2.34. The number of nitrogens with one attached hydrogen (secondary N) is 2. The Hall–Kier alpha value is -0.570. The Morgan fingerprint density at radius 1 is 1.11 bits per heavy atom. The molecule has 1 rings (SSSR count). The summed E-state index contributed by atoms with van der Waals surface area (Å²) < 4.78 is 0. The quantitative estimate of drug-likeness (QED) is 0.200. The van der Waals surface area contributed by atoms with Crippen LogP contribution in [0.3, 0.4) is 0 Å². The van der Waals surface area contributed by atoms with Crippen LogP contribution < -0.4 is 10.6 Å². The van der Waals surface area contributed by atoms with Gasteiger partial charge in [0.15, 0.2) is 5.96 Å². The number of hydrogen-bond donors (Lipinski definition) is 2. The highest BCUT2D eigenvalue weighted by molar-refractivity contribution is 14.0. The molecule has 27 heavy (non-hydrogen) atoms. The van der Waals surface area contributed by atoms with Crippen LogP contribution in [0.1, 0.15) is 59.3 Å². The van der Waals surface area contributed by atoms with Crippen molar-refractivity contribution in [3.05, 3.63) is 0 Å². The highest BCUT2D eigenvalue weighted by atomic mass is 127. The minimum atomic E-state index is 0. The van der Waals surface area contributed by atoms with Crippen LogP contribution in [0.5, 0.6) is 0 Å². The predicted molar refractivity (Wildman–Crippen MR) is 126 cm³/mol. The largest absolute Gasteiger partial charge is 0.359 e. The number of hydrogen-bond acceptors (Lipinski definition) is 3. The maximum atomic E-state index is 11.6. The third-order valence-electron chi connectivity index (χ3n) is 4.98. The summed E-state index contributed by atoms with van der Waals surface area (Å²) >= 11 is 0. The fourth-order valence-corrected chi connectivity index (χ4v) is 3.59. The monoisotopic (exact) mass is 495 g/mol. The van der Waals surface area contributed by atoms with Crippen molar-refractivity contribution in [2.45, 2.75) is 59.3 Å². The van der Waals surface area contributed by atoms with E-state index in [4.69, 9.17) is 4.99 Å². The van der Waals surface area contributed by atoms with Crippen LogP contribution >= 0.6 is 24.0 Å². The Balaban J connectivity index is 0.00000676. The molecule has 1 heterocycles. The zero-order valence-corrected chi connectivity index (χ0v) is 20.3. The molecule has 1 aliphatic rings. The standard InChI is InChI=1S/C20H41N5O.HI/c1-5-12-24(13-6-2)14-8-11-23-20(22-7-3)25-15-9-18(10-16-25)17-19(26)21-4;/h18H,5-17H2,1-4H3,(H,21,26)(H,22,23);1H. The summed E-state index contributed by atoms with van der Waals surface area (Å²) in [5.74, 6) is 1.71. The number of amides is 1. The molecule has 0 unspecified atom stereocenters. The molecule has 160 valence electrons.